The molecule has 1 saturated carbocycles. The van der Waals surface area contributed by atoms with Crippen LogP contribution in [-0.4, -0.2) is 25.8 Å². The summed E-state index contributed by atoms with van der Waals surface area (Å²) in [6.07, 6.45) is 10.4. The predicted octanol–water partition coefficient (Wildman–Crippen LogP) is 3.75. The van der Waals surface area contributed by atoms with E-state index in [0.717, 1.165) is 5.92 Å². The Morgan fingerprint density at radius 3 is 2.35 bits per heavy atom. The van der Waals surface area contributed by atoms with Gasteiger partial charge < -0.3 is 10.1 Å². The minimum atomic E-state index is 0.106. The van der Waals surface area contributed by atoms with Crippen molar-refractivity contribution in [2.24, 2.45) is 5.92 Å². The van der Waals surface area contributed by atoms with Gasteiger partial charge in [0.1, 0.15) is 0 Å². The molecule has 0 aromatic heterocycles. The van der Waals surface area contributed by atoms with E-state index in [0.29, 0.717) is 6.04 Å². The van der Waals surface area contributed by atoms with Crippen molar-refractivity contribution in [1.29, 1.82) is 0 Å². The summed E-state index contributed by atoms with van der Waals surface area (Å²) in [6.45, 7) is 4.65. The lowest BCUT2D eigenvalue weighted by Crippen LogP contribution is -2.52. The quantitative estimate of drug-likeness (QED) is 0.733. The molecule has 2 nitrogen and oxygen atoms in total. The maximum Gasteiger partial charge on any atom is 0.0830 e. The summed E-state index contributed by atoms with van der Waals surface area (Å²) in [5, 5.41) is 3.53. The van der Waals surface area contributed by atoms with Crippen molar-refractivity contribution in [2.45, 2.75) is 76.9 Å². The first kappa shape index (κ1) is 15.0. The molecule has 2 atom stereocenters. The molecule has 0 bridgehead atoms. The molecule has 17 heavy (non-hydrogen) atoms. The molecule has 0 spiro atoms. The molecule has 1 aliphatic rings. The highest BCUT2D eigenvalue weighted by Crippen LogP contribution is 2.36. The lowest BCUT2D eigenvalue weighted by atomic mass is 9.76. The number of nitrogens with one attached hydrogen (secondary N) is 1. The molecule has 1 N–H and O–H groups in total. The molecule has 0 amide bonds. The molecule has 2 heteroatoms. The van der Waals surface area contributed by atoms with Crippen LogP contribution in [0.3, 0.4) is 0 Å². The van der Waals surface area contributed by atoms with Gasteiger partial charge in [-0.25, -0.2) is 0 Å². The van der Waals surface area contributed by atoms with E-state index >= 15 is 0 Å². The summed E-state index contributed by atoms with van der Waals surface area (Å²) < 4.78 is 5.95. The Balaban J connectivity index is 2.61. The fourth-order valence-corrected chi connectivity index (χ4v) is 3.45. The number of hydrogen-bond acceptors (Lipinski definition) is 2. The fourth-order valence-electron chi connectivity index (χ4n) is 3.45. The third-order valence-electron chi connectivity index (χ3n) is 4.51. The van der Waals surface area contributed by atoms with Crippen molar-refractivity contribution < 1.29 is 4.74 Å². The van der Waals surface area contributed by atoms with Gasteiger partial charge in [-0.1, -0.05) is 46.0 Å². The SMILES string of the molecule is CCCC(C)CC(NC)C1(OC)CCCCC1. The predicted molar refractivity (Wildman–Crippen MR) is 74.4 cm³/mol. The van der Waals surface area contributed by atoms with Crippen molar-refractivity contribution in [2.75, 3.05) is 14.2 Å². The first-order chi connectivity index (χ1) is 8.18. The highest BCUT2D eigenvalue weighted by molar-refractivity contribution is 4.95. The van der Waals surface area contributed by atoms with Gasteiger partial charge in [-0.2, -0.15) is 0 Å². The van der Waals surface area contributed by atoms with Gasteiger partial charge in [-0.05, 0) is 32.2 Å². The Kier molecular flexibility index (Phi) is 6.50. The minimum absolute atomic E-state index is 0.106. The van der Waals surface area contributed by atoms with Crippen LogP contribution in [0.2, 0.25) is 0 Å². The number of rotatable bonds is 7. The summed E-state index contributed by atoms with van der Waals surface area (Å²) in [5.41, 5.74) is 0.106. The lowest BCUT2D eigenvalue weighted by Gasteiger charge is -2.43. The molecule has 0 aromatic rings. The van der Waals surface area contributed by atoms with E-state index < -0.39 is 0 Å². The standard InChI is InChI=1S/C15H31NO/c1-5-9-13(2)12-14(16-3)15(17-4)10-7-6-8-11-15/h13-14,16H,5-12H2,1-4H3. The second-order valence-electron chi connectivity index (χ2n) is 5.80. The molecule has 1 rings (SSSR count). The summed E-state index contributed by atoms with van der Waals surface area (Å²) in [7, 11) is 4.00. The molecule has 102 valence electrons. The zero-order valence-electron chi connectivity index (χ0n) is 12.2. The number of likely N-dealkylation sites (N-methyl/N-ethyl adjacent to an activating group) is 1. The van der Waals surface area contributed by atoms with Crippen molar-refractivity contribution >= 4 is 0 Å². The molecule has 1 fully saturated rings. The minimum Gasteiger partial charge on any atom is -0.377 e. The number of hydrogen-bond donors (Lipinski definition) is 1. The van der Waals surface area contributed by atoms with E-state index in [1.807, 2.05) is 7.11 Å². The first-order valence-corrected chi connectivity index (χ1v) is 7.41. The summed E-state index contributed by atoms with van der Waals surface area (Å²) in [4.78, 5) is 0. The van der Waals surface area contributed by atoms with Crippen LogP contribution in [-0.2, 0) is 4.74 Å². The van der Waals surface area contributed by atoms with Crippen molar-refractivity contribution in [3.8, 4) is 0 Å². The van der Waals surface area contributed by atoms with Crippen LogP contribution in [0, 0.1) is 5.92 Å². The van der Waals surface area contributed by atoms with E-state index in [1.54, 1.807) is 0 Å². The Labute approximate surface area is 108 Å². The van der Waals surface area contributed by atoms with Crippen molar-refractivity contribution in [1.82, 2.24) is 5.32 Å². The molecular weight excluding hydrogens is 210 g/mol. The summed E-state index contributed by atoms with van der Waals surface area (Å²) in [6, 6.07) is 0.523. The Bertz CT molecular complexity index is 199. The second-order valence-corrected chi connectivity index (χ2v) is 5.80. The van der Waals surface area contributed by atoms with Gasteiger partial charge in [0.2, 0.25) is 0 Å². The van der Waals surface area contributed by atoms with Gasteiger partial charge in [-0.15, -0.1) is 0 Å². The summed E-state index contributed by atoms with van der Waals surface area (Å²) >= 11 is 0. The average Bonchev–Trinajstić information content (AvgIpc) is 2.37. The molecule has 0 radical (unpaired) electrons. The maximum absolute atomic E-state index is 5.95. The lowest BCUT2D eigenvalue weighted by molar-refractivity contribution is -0.0706. The van der Waals surface area contributed by atoms with E-state index in [4.69, 9.17) is 4.74 Å². The van der Waals surface area contributed by atoms with Crippen LogP contribution < -0.4 is 5.32 Å². The van der Waals surface area contributed by atoms with Gasteiger partial charge in [-0.3, -0.25) is 0 Å². The van der Waals surface area contributed by atoms with Gasteiger partial charge in [0.15, 0.2) is 0 Å². The van der Waals surface area contributed by atoms with Crippen molar-refractivity contribution in [3.05, 3.63) is 0 Å². The topological polar surface area (TPSA) is 21.3 Å². The van der Waals surface area contributed by atoms with E-state index in [-0.39, 0.29) is 5.60 Å². The summed E-state index contributed by atoms with van der Waals surface area (Å²) in [5.74, 6) is 0.798. The molecule has 0 saturated heterocycles. The van der Waals surface area contributed by atoms with E-state index in [2.05, 4.69) is 26.2 Å². The zero-order chi connectivity index (χ0) is 12.7. The largest absolute Gasteiger partial charge is 0.377 e. The van der Waals surface area contributed by atoms with Crippen LogP contribution >= 0.6 is 0 Å². The normalized spacial score (nSPS) is 23.3. The third kappa shape index (κ3) is 3.96. The highest BCUT2D eigenvalue weighted by atomic mass is 16.5. The van der Waals surface area contributed by atoms with Crippen molar-refractivity contribution in [3.63, 3.8) is 0 Å². The molecule has 0 heterocycles. The van der Waals surface area contributed by atoms with Gasteiger partial charge in [0.25, 0.3) is 0 Å². The molecule has 0 aromatic carbocycles. The number of ether oxygens (including phenoxy) is 1. The van der Waals surface area contributed by atoms with E-state index in [1.165, 1.54) is 51.4 Å². The molecular formula is C15H31NO. The van der Waals surface area contributed by atoms with E-state index in [9.17, 15) is 0 Å². The molecule has 0 aliphatic heterocycles. The zero-order valence-corrected chi connectivity index (χ0v) is 12.2. The molecule has 1 aliphatic carbocycles. The van der Waals surface area contributed by atoms with Crippen LogP contribution in [0.5, 0.6) is 0 Å². The van der Waals surface area contributed by atoms with Gasteiger partial charge in [0.05, 0.1) is 5.60 Å². The van der Waals surface area contributed by atoms with Gasteiger partial charge in [0, 0.05) is 13.2 Å². The van der Waals surface area contributed by atoms with Gasteiger partial charge >= 0.3 is 0 Å². The van der Waals surface area contributed by atoms with Crippen LogP contribution in [0.4, 0.5) is 0 Å². The third-order valence-corrected chi connectivity index (χ3v) is 4.51. The van der Waals surface area contributed by atoms with Crippen LogP contribution in [0.25, 0.3) is 0 Å². The first-order valence-electron chi connectivity index (χ1n) is 7.41. The average molecular weight is 241 g/mol. The smallest absolute Gasteiger partial charge is 0.0830 e. The Hall–Kier alpha value is -0.0800. The van der Waals surface area contributed by atoms with Crippen LogP contribution in [0.1, 0.15) is 65.2 Å². The Morgan fingerprint density at radius 2 is 1.88 bits per heavy atom. The monoisotopic (exact) mass is 241 g/mol. The molecule has 2 unspecified atom stereocenters. The Morgan fingerprint density at radius 1 is 1.24 bits per heavy atom. The highest BCUT2D eigenvalue weighted by Gasteiger charge is 2.39. The maximum atomic E-state index is 5.95. The second kappa shape index (κ2) is 7.38. The van der Waals surface area contributed by atoms with Crippen LogP contribution in [0.15, 0.2) is 0 Å². The fraction of sp³-hybridized carbons (Fsp3) is 1.00. The number of methoxy groups -OCH3 is 1.